The number of sulfone groups is 1. The van der Waals surface area contributed by atoms with E-state index in [0.29, 0.717) is 10.9 Å². The fourth-order valence-electron chi connectivity index (χ4n) is 2.14. The molecule has 1 atom stereocenters. The third kappa shape index (κ3) is 3.67. The van der Waals surface area contributed by atoms with E-state index < -0.39 is 9.84 Å². The number of oxazole rings is 1. The Kier molecular flexibility index (Phi) is 5.06. The topological polar surface area (TPSA) is 73.3 Å². The summed E-state index contributed by atoms with van der Waals surface area (Å²) in [6.45, 7) is 5.96. The molecule has 0 aliphatic rings. The van der Waals surface area contributed by atoms with Crippen LogP contribution in [0.15, 0.2) is 66.5 Å². The molecule has 0 spiro atoms. The fraction of sp³-hybridized carbons (Fsp3) is 0.278. The van der Waals surface area contributed by atoms with Gasteiger partial charge in [-0.15, -0.1) is 0 Å². The van der Waals surface area contributed by atoms with Crippen molar-refractivity contribution in [2.24, 2.45) is 0 Å². The molecule has 0 unspecified atom stereocenters. The second kappa shape index (κ2) is 7.09. The highest BCUT2D eigenvalue weighted by atomic mass is 32.2. The average molecular weight is 377 g/mol. The highest BCUT2D eigenvalue weighted by Crippen LogP contribution is 2.37. The minimum absolute atomic E-state index is 0.0620. The summed E-state index contributed by atoms with van der Waals surface area (Å²) in [4.78, 5) is 4.44. The Hall–Kier alpha value is -1.99. The number of aromatic nitrogens is 1. The molecule has 25 heavy (non-hydrogen) atoms. The van der Waals surface area contributed by atoms with Gasteiger partial charge >= 0.3 is 0 Å². The van der Waals surface area contributed by atoms with Crippen molar-refractivity contribution in [1.29, 1.82) is 0 Å². The predicted octanol–water partition coefficient (Wildman–Crippen LogP) is 4.97. The molecule has 3 aromatic rings. The second-order valence-corrected chi connectivity index (χ2v) is 9.02. The number of benzene rings is 1. The van der Waals surface area contributed by atoms with Crippen molar-refractivity contribution in [3.05, 3.63) is 48.2 Å². The normalized spacial score (nSPS) is 13.1. The number of rotatable bonds is 6. The van der Waals surface area contributed by atoms with Crippen LogP contribution in [0.1, 0.15) is 25.8 Å². The molecule has 0 aliphatic heterocycles. The van der Waals surface area contributed by atoms with E-state index in [4.69, 9.17) is 8.83 Å². The molecule has 5 nitrogen and oxygen atoms in total. The monoisotopic (exact) mass is 377 g/mol. The van der Waals surface area contributed by atoms with Crippen molar-refractivity contribution >= 4 is 21.6 Å². The van der Waals surface area contributed by atoms with Gasteiger partial charge in [0.05, 0.1) is 11.2 Å². The summed E-state index contributed by atoms with van der Waals surface area (Å²) in [6, 6.07) is 10.1. The minimum Gasteiger partial charge on any atom is -0.459 e. The van der Waals surface area contributed by atoms with Gasteiger partial charge in [-0.25, -0.2) is 8.42 Å². The standard InChI is InChI=1S/C18H19NO4S2/c1-4-13(3)24-18-17(19-16(23-18)15-6-5-11-22-15)25(20,21)14-9-7-12(2)8-10-14/h5-11,13H,4H2,1-3H3/t13-/m0/s1. The molecule has 2 heterocycles. The first-order valence-corrected chi connectivity index (χ1v) is 10.3. The van der Waals surface area contributed by atoms with Gasteiger partial charge in [-0.3, -0.25) is 0 Å². The zero-order valence-corrected chi connectivity index (χ0v) is 15.9. The summed E-state index contributed by atoms with van der Waals surface area (Å²) in [6.07, 6.45) is 2.38. The number of hydrogen-bond acceptors (Lipinski definition) is 6. The van der Waals surface area contributed by atoms with E-state index in [-0.39, 0.29) is 21.1 Å². The summed E-state index contributed by atoms with van der Waals surface area (Å²) in [5.41, 5.74) is 0.990. The van der Waals surface area contributed by atoms with Crippen LogP contribution in [0.2, 0.25) is 0 Å². The Balaban J connectivity index is 2.10. The Morgan fingerprint density at radius 2 is 1.92 bits per heavy atom. The van der Waals surface area contributed by atoms with Gasteiger partial charge < -0.3 is 8.83 Å². The summed E-state index contributed by atoms with van der Waals surface area (Å²) in [7, 11) is -3.78. The highest BCUT2D eigenvalue weighted by molar-refractivity contribution is 8.00. The van der Waals surface area contributed by atoms with Crippen LogP contribution in [0.25, 0.3) is 11.7 Å². The van der Waals surface area contributed by atoms with Gasteiger partial charge in [0.1, 0.15) is 0 Å². The highest BCUT2D eigenvalue weighted by Gasteiger charge is 2.30. The molecule has 0 amide bonds. The lowest BCUT2D eigenvalue weighted by molar-refractivity contribution is 0.450. The van der Waals surface area contributed by atoms with Crippen molar-refractivity contribution < 1.29 is 17.3 Å². The van der Waals surface area contributed by atoms with Crippen molar-refractivity contribution in [2.45, 2.75) is 47.5 Å². The molecule has 2 aromatic heterocycles. The van der Waals surface area contributed by atoms with Crippen LogP contribution in [-0.2, 0) is 9.84 Å². The molecule has 7 heteroatoms. The van der Waals surface area contributed by atoms with Crippen LogP contribution in [0.4, 0.5) is 0 Å². The molecule has 1 aromatic carbocycles. The zero-order chi connectivity index (χ0) is 18.0. The summed E-state index contributed by atoms with van der Waals surface area (Å²) in [5.74, 6) is 0.567. The fourth-order valence-corrected chi connectivity index (χ4v) is 4.60. The minimum atomic E-state index is -3.78. The number of hydrogen-bond donors (Lipinski definition) is 0. The Labute approximate surface area is 151 Å². The van der Waals surface area contributed by atoms with Crippen LogP contribution in [0, 0.1) is 6.92 Å². The van der Waals surface area contributed by atoms with Gasteiger partial charge in [0.2, 0.25) is 20.0 Å². The number of nitrogens with zero attached hydrogens (tertiary/aromatic N) is 1. The summed E-state index contributed by atoms with van der Waals surface area (Å²) < 4.78 is 37.1. The molecule has 0 aliphatic carbocycles. The molecule has 3 rings (SSSR count). The van der Waals surface area contributed by atoms with E-state index in [9.17, 15) is 8.42 Å². The lowest BCUT2D eigenvalue weighted by atomic mass is 10.2. The van der Waals surface area contributed by atoms with E-state index in [2.05, 4.69) is 4.98 Å². The van der Waals surface area contributed by atoms with Crippen molar-refractivity contribution in [3.8, 4) is 11.7 Å². The molecule has 0 N–H and O–H groups in total. The van der Waals surface area contributed by atoms with Gasteiger partial charge in [-0.2, -0.15) is 4.98 Å². The van der Waals surface area contributed by atoms with Gasteiger partial charge in [0.25, 0.3) is 5.89 Å². The SMILES string of the molecule is CC[C@H](C)Sc1oc(-c2ccco2)nc1S(=O)(=O)c1ccc(C)cc1. The van der Waals surface area contributed by atoms with Gasteiger partial charge in [-0.1, -0.05) is 43.3 Å². The molecule has 0 bridgehead atoms. The molecule has 132 valence electrons. The van der Waals surface area contributed by atoms with Crippen molar-refractivity contribution in [2.75, 3.05) is 0 Å². The van der Waals surface area contributed by atoms with E-state index in [1.165, 1.54) is 18.0 Å². The smallest absolute Gasteiger partial charge is 0.265 e. The molecule has 0 saturated heterocycles. The number of thioether (sulfide) groups is 1. The second-order valence-electron chi connectivity index (χ2n) is 5.74. The van der Waals surface area contributed by atoms with Gasteiger partial charge in [0, 0.05) is 5.25 Å². The third-order valence-electron chi connectivity index (χ3n) is 3.77. The summed E-state index contributed by atoms with van der Waals surface area (Å²) in [5, 5.41) is 0.429. The lowest BCUT2D eigenvalue weighted by Gasteiger charge is -2.07. The zero-order valence-electron chi connectivity index (χ0n) is 14.2. The van der Waals surface area contributed by atoms with Crippen LogP contribution in [0.3, 0.4) is 0 Å². The van der Waals surface area contributed by atoms with E-state index in [1.54, 1.807) is 36.4 Å². The van der Waals surface area contributed by atoms with Gasteiger partial charge in [-0.05, 0) is 37.6 Å². The summed E-state index contributed by atoms with van der Waals surface area (Å²) >= 11 is 1.36. The van der Waals surface area contributed by atoms with E-state index >= 15 is 0 Å². The Morgan fingerprint density at radius 3 is 2.52 bits per heavy atom. The Bertz CT molecular complexity index is 942. The average Bonchev–Trinajstić information content (AvgIpc) is 3.24. The maximum atomic E-state index is 13.1. The van der Waals surface area contributed by atoms with Gasteiger partial charge in [0.15, 0.2) is 5.76 Å². The lowest BCUT2D eigenvalue weighted by Crippen LogP contribution is -2.05. The maximum absolute atomic E-state index is 13.1. The van der Waals surface area contributed by atoms with Crippen LogP contribution in [0.5, 0.6) is 0 Å². The van der Waals surface area contributed by atoms with Crippen LogP contribution in [-0.4, -0.2) is 18.7 Å². The third-order valence-corrected chi connectivity index (χ3v) is 6.80. The van der Waals surface area contributed by atoms with E-state index in [1.807, 2.05) is 20.8 Å². The van der Waals surface area contributed by atoms with E-state index in [0.717, 1.165) is 12.0 Å². The number of furan rings is 1. The predicted molar refractivity (Wildman–Crippen MR) is 96.4 cm³/mol. The van der Waals surface area contributed by atoms with Crippen LogP contribution >= 0.6 is 11.8 Å². The molecule has 0 radical (unpaired) electrons. The first kappa shape index (κ1) is 17.8. The van der Waals surface area contributed by atoms with Crippen molar-refractivity contribution in [1.82, 2.24) is 4.98 Å². The molecule has 0 saturated carbocycles. The molecular weight excluding hydrogens is 358 g/mol. The maximum Gasteiger partial charge on any atom is 0.265 e. The molecule has 0 fully saturated rings. The largest absolute Gasteiger partial charge is 0.459 e. The number of aryl methyl sites for hydroxylation is 1. The van der Waals surface area contributed by atoms with Crippen molar-refractivity contribution in [3.63, 3.8) is 0 Å². The first-order valence-electron chi connectivity index (χ1n) is 7.95. The molecular formula is C18H19NO4S2. The van der Waals surface area contributed by atoms with Crippen LogP contribution < -0.4 is 0 Å². The Morgan fingerprint density at radius 1 is 1.20 bits per heavy atom. The quantitative estimate of drug-likeness (QED) is 0.565. The first-order chi connectivity index (χ1) is 11.9.